The maximum Gasteiger partial charge on any atom is 0.235 e. The largest absolute Gasteiger partial charge is 0.497 e. The molecule has 1 saturated carbocycles. The Labute approximate surface area is 196 Å². The fourth-order valence-electron chi connectivity index (χ4n) is 4.65. The number of amides is 1. The first-order chi connectivity index (χ1) is 16.2. The molecule has 3 aromatic rings. The standard InChI is InChI=1S/C28H32N2O3/c1-32-25-14-10-23(11-15-25)28(22-8-9-22,24-12-16-26(33-2)17-13-24)27(31)30-19-4-3-6-21-7-5-18-29-20-21/h5,7,10-18,20,22H,3-4,6,8-9,19H2,1-2H3,(H,30,31). The summed E-state index contributed by atoms with van der Waals surface area (Å²) in [5, 5.41) is 3.27. The number of benzene rings is 2. The Kier molecular flexibility index (Phi) is 7.28. The van der Waals surface area contributed by atoms with Gasteiger partial charge in [-0.05, 0) is 85.0 Å². The Morgan fingerprint density at radius 3 is 2.03 bits per heavy atom. The number of methoxy groups -OCH3 is 2. The molecule has 0 atom stereocenters. The summed E-state index contributed by atoms with van der Waals surface area (Å²) in [6, 6.07) is 19.9. The number of carbonyl (C=O) groups is 1. The van der Waals surface area contributed by atoms with E-state index in [0.29, 0.717) is 6.54 Å². The lowest BCUT2D eigenvalue weighted by Crippen LogP contribution is -2.47. The van der Waals surface area contributed by atoms with Gasteiger partial charge in [-0.25, -0.2) is 0 Å². The maximum atomic E-state index is 13.9. The fourth-order valence-corrected chi connectivity index (χ4v) is 4.65. The first-order valence-electron chi connectivity index (χ1n) is 11.6. The van der Waals surface area contributed by atoms with Crippen molar-refractivity contribution in [2.24, 2.45) is 5.92 Å². The molecule has 172 valence electrons. The molecule has 4 rings (SSSR count). The van der Waals surface area contributed by atoms with E-state index < -0.39 is 5.41 Å². The van der Waals surface area contributed by atoms with Gasteiger partial charge in [-0.2, -0.15) is 0 Å². The zero-order chi connectivity index (χ0) is 23.1. The van der Waals surface area contributed by atoms with E-state index >= 15 is 0 Å². The molecule has 0 bridgehead atoms. The SMILES string of the molecule is COc1ccc(C(C(=O)NCCCCc2cccnc2)(c2ccc(OC)cc2)C2CC2)cc1. The number of hydrogen-bond acceptors (Lipinski definition) is 4. The van der Waals surface area contributed by atoms with Crippen LogP contribution < -0.4 is 14.8 Å². The van der Waals surface area contributed by atoms with Gasteiger partial charge in [-0.15, -0.1) is 0 Å². The van der Waals surface area contributed by atoms with E-state index in [4.69, 9.17) is 9.47 Å². The quantitative estimate of drug-likeness (QED) is 0.426. The van der Waals surface area contributed by atoms with Gasteiger partial charge in [0.2, 0.25) is 5.91 Å². The number of carbonyl (C=O) groups excluding carboxylic acids is 1. The summed E-state index contributed by atoms with van der Waals surface area (Å²) in [5.74, 6) is 1.92. The zero-order valence-corrected chi connectivity index (χ0v) is 19.4. The summed E-state index contributed by atoms with van der Waals surface area (Å²) >= 11 is 0. The summed E-state index contributed by atoms with van der Waals surface area (Å²) in [6.07, 6.45) is 8.66. The van der Waals surface area contributed by atoms with Crippen molar-refractivity contribution in [1.82, 2.24) is 10.3 Å². The van der Waals surface area contributed by atoms with E-state index in [1.54, 1.807) is 20.4 Å². The van der Waals surface area contributed by atoms with Crippen LogP contribution in [-0.2, 0) is 16.6 Å². The van der Waals surface area contributed by atoms with Gasteiger partial charge in [0.1, 0.15) is 16.9 Å². The van der Waals surface area contributed by atoms with E-state index in [-0.39, 0.29) is 11.8 Å². The highest BCUT2D eigenvalue weighted by Gasteiger charge is 2.53. The highest BCUT2D eigenvalue weighted by molar-refractivity contribution is 5.93. The van der Waals surface area contributed by atoms with Crippen LogP contribution >= 0.6 is 0 Å². The predicted molar refractivity (Wildman–Crippen MR) is 130 cm³/mol. The van der Waals surface area contributed by atoms with E-state index in [1.807, 2.05) is 60.8 Å². The summed E-state index contributed by atoms with van der Waals surface area (Å²) in [4.78, 5) is 18.1. The van der Waals surface area contributed by atoms with Crippen molar-refractivity contribution in [3.05, 3.63) is 89.7 Å². The fraction of sp³-hybridized carbons (Fsp3) is 0.357. The molecule has 1 amide bonds. The van der Waals surface area contributed by atoms with Crippen LogP contribution in [0.1, 0.15) is 42.4 Å². The number of hydrogen-bond donors (Lipinski definition) is 1. The van der Waals surface area contributed by atoms with E-state index in [2.05, 4.69) is 16.4 Å². The highest BCUT2D eigenvalue weighted by Crippen LogP contribution is 2.52. The van der Waals surface area contributed by atoms with Crippen LogP contribution in [-0.4, -0.2) is 31.7 Å². The Morgan fingerprint density at radius 2 is 1.55 bits per heavy atom. The van der Waals surface area contributed by atoms with Crippen LogP contribution in [0.2, 0.25) is 0 Å². The van der Waals surface area contributed by atoms with Gasteiger partial charge in [-0.1, -0.05) is 30.3 Å². The monoisotopic (exact) mass is 444 g/mol. The lowest BCUT2D eigenvalue weighted by Gasteiger charge is -2.34. The van der Waals surface area contributed by atoms with Gasteiger partial charge in [0.15, 0.2) is 0 Å². The lowest BCUT2D eigenvalue weighted by atomic mass is 9.69. The molecule has 0 radical (unpaired) electrons. The maximum absolute atomic E-state index is 13.9. The minimum Gasteiger partial charge on any atom is -0.497 e. The number of aryl methyl sites for hydroxylation is 1. The molecule has 33 heavy (non-hydrogen) atoms. The van der Waals surface area contributed by atoms with Crippen LogP contribution in [0.15, 0.2) is 73.1 Å². The van der Waals surface area contributed by atoms with Crippen LogP contribution in [0.5, 0.6) is 11.5 Å². The normalized spacial score (nSPS) is 13.4. The van der Waals surface area contributed by atoms with Crippen molar-refractivity contribution in [2.75, 3.05) is 20.8 Å². The number of ether oxygens (including phenoxy) is 2. The zero-order valence-electron chi connectivity index (χ0n) is 19.4. The molecule has 0 spiro atoms. The van der Waals surface area contributed by atoms with Crippen LogP contribution in [0, 0.1) is 5.92 Å². The highest BCUT2D eigenvalue weighted by atomic mass is 16.5. The molecular formula is C28H32N2O3. The van der Waals surface area contributed by atoms with E-state index in [9.17, 15) is 4.79 Å². The summed E-state index contributed by atoms with van der Waals surface area (Å²) in [7, 11) is 3.32. The first-order valence-corrected chi connectivity index (χ1v) is 11.6. The average Bonchev–Trinajstić information content (AvgIpc) is 3.71. The molecule has 5 nitrogen and oxygen atoms in total. The third-order valence-corrected chi connectivity index (χ3v) is 6.54. The summed E-state index contributed by atoms with van der Waals surface area (Å²) in [5.41, 5.74) is 2.52. The lowest BCUT2D eigenvalue weighted by molar-refractivity contribution is -0.126. The van der Waals surface area contributed by atoms with Gasteiger partial charge in [0, 0.05) is 18.9 Å². The molecule has 0 unspecified atom stereocenters. The number of aromatic nitrogens is 1. The molecule has 5 heteroatoms. The van der Waals surface area contributed by atoms with Crippen molar-refractivity contribution < 1.29 is 14.3 Å². The molecule has 0 aliphatic heterocycles. The number of pyridine rings is 1. The van der Waals surface area contributed by atoms with Crippen molar-refractivity contribution in [2.45, 2.75) is 37.5 Å². The third-order valence-electron chi connectivity index (χ3n) is 6.54. The second kappa shape index (κ2) is 10.5. The second-order valence-electron chi connectivity index (χ2n) is 8.61. The van der Waals surface area contributed by atoms with Gasteiger partial charge >= 0.3 is 0 Å². The second-order valence-corrected chi connectivity index (χ2v) is 8.61. The minimum absolute atomic E-state index is 0.0710. The molecule has 2 aromatic carbocycles. The van der Waals surface area contributed by atoms with E-state index in [0.717, 1.165) is 54.7 Å². The number of nitrogens with zero attached hydrogens (tertiary/aromatic N) is 1. The Hall–Kier alpha value is -3.34. The van der Waals surface area contributed by atoms with E-state index in [1.165, 1.54) is 5.56 Å². The van der Waals surface area contributed by atoms with Crippen LogP contribution in [0.25, 0.3) is 0 Å². The number of unbranched alkanes of at least 4 members (excludes halogenated alkanes) is 1. The molecule has 0 saturated heterocycles. The van der Waals surface area contributed by atoms with Gasteiger partial charge in [-0.3, -0.25) is 9.78 Å². The molecule has 1 N–H and O–H groups in total. The van der Waals surface area contributed by atoms with Crippen molar-refractivity contribution >= 4 is 5.91 Å². The molecule has 1 aliphatic carbocycles. The predicted octanol–water partition coefficient (Wildman–Crippen LogP) is 4.93. The van der Waals surface area contributed by atoms with Gasteiger partial charge < -0.3 is 14.8 Å². The topological polar surface area (TPSA) is 60.5 Å². The van der Waals surface area contributed by atoms with Gasteiger partial charge in [0.05, 0.1) is 14.2 Å². The van der Waals surface area contributed by atoms with Crippen LogP contribution in [0.4, 0.5) is 0 Å². The molecule has 1 aromatic heterocycles. The minimum atomic E-state index is -0.720. The number of nitrogens with one attached hydrogen (secondary N) is 1. The molecule has 1 heterocycles. The summed E-state index contributed by atoms with van der Waals surface area (Å²) in [6.45, 7) is 0.653. The molecule has 1 fully saturated rings. The van der Waals surface area contributed by atoms with Gasteiger partial charge in [0.25, 0.3) is 0 Å². The molecular weight excluding hydrogens is 412 g/mol. The van der Waals surface area contributed by atoms with Crippen molar-refractivity contribution in [3.63, 3.8) is 0 Å². The third kappa shape index (κ3) is 5.03. The smallest absolute Gasteiger partial charge is 0.235 e. The first kappa shape index (κ1) is 22.8. The van der Waals surface area contributed by atoms with Crippen LogP contribution in [0.3, 0.4) is 0 Å². The van der Waals surface area contributed by atoms with Crippen molar-refractivity contribution in [1.29, 1.82) is 0 Å². The summed E-state index contributed by atoms with van der Waals surface area (Å²) < 4.78 is 10.7. The average molecular weight is 445 g/mol. The Balaban J connectivity index is 1.55. The van der Waals surface area contributed by atoms with Crippen molar-refractivity contribution in [3.8, 4) is 11.5 Å². The Morgan fingerprint density at radius 1 is 0.939 bits per heavy atom. The Bertz CT molecular complexity index is 982. The molecule has 1 aliphatic rings. The number of rotatable bonds is 11.